The predicted octanol–water partition coefficient (Wildman–Crippen LogP) is -0.138. The second-order valence-electron chi connectivity index (χ2n) is 4.23. The molecule has 0 spiro atoms. The van der Waals surface area contributed by atoms with Crippen LogP contribution in [0.15, 0.2) is 29.2 Å². The lowest BCUT2D eigenvalue weighted by Gasteiger charge is -2.08. The minimum Gasteiger partial charge on any atom is -0.484 e. The normalized spacial score (nSPS) is 11.1. The van der Waals surface area contributed by atoms with Crippen LogP contribution in [0.4, 0.5) is 0 Å². The fourth-order valence-electron chi connectivity index (χ4n) is 1.43. The van der Waals surface area contributed by atoms with Crippen LogP contribution in [-0.2, 0) is 14.8 Å². The molecule has 7 nitrogen and oxygen atoms in total. The Morgan fingerprint density at radius 1 is 1.24 bits per heavy atom. The maximum absolute atomic E-state index is 11.8. The fourth-order valence-corrected chi connectivity index (χ4v) is 2.56. The number of hydrogen-bond donors (Lipinski definition) is 3. The molecule has 0 radical (unpaired) electrons. The van der Waals surface area contributed by atoms with Crippen molar-refractivity contribution >= 4 is 15.9 Å². The Balaban J connectivity index is 2.56. The second-order valence-corrected chi connectivity index (χ2v) is 6.00. The maximum atomic E-state index is 11.8. The molecule has 0 heterocycles. The summed E-state index contributed by atoms with van der Waals surface area (Å²) in [5, 5.41) is 11.0. The van der Waals surface area contributed by atoms with Gasteiger partial charge in [-0.15, -0.1) is 0 Å². The number of amides is 1. The number of aliphatic hydroxyl groups excluding tert-OH is 1. The Morgan fingerprint density at radius 3 is 2.48 bits per heavy atom. The molecule has 0 unspecified atom stereocenters. The summed E-state index contributed by atoms with van der Waals surface area (Å²) in [6.45, 7) is 2.10. The molecule has 1 aromatic carbocycles. The van der Waals surface area contributed by atoms with E-state index >= 15 is 0 Å². The number of carbonyl (C=O) groups excluding carboxylic acids is 1. The van der Waals surface area contributed by atoms with Crippen LogP contribution >= 0.6 is 0 Å². The van der Waals surface area contributed by atoms with Crippen molar-refractivity contribution in [2.45, 2.75) is 18.2 Å². The standard InChI is InChI=1S/C13H20N2O5S/c1-2-7-15-21(18,19)12-5-3-11(4-6-12)20-10-13(17)14-8-9-16/h3-6,15-16H,2,7-10H2,1H3,(H,14,17). The van der Waals surface area contributed by atoms with Crippen molar-refractivity contribution in [2.75, 3.05) is 26.3 Å². The first-order valence-electron chi connectivity index (χ1n) is 6.59. The van der Waals surface area contributed by atoms with Crippen LogP contribution in [0.5, 0.6) is 5.75 Å². The Labute approximate surface area is 124 Å². The number of hydrogen-bond acceptors (Lipinski definition) is 5. The van der Waals surface area contributed by atoms with Gasteiger partial charge in [-0.05, 0) is 30.7 Å². The highest BCUT2D eigenvalue weighted by Gasteiger charge is 2.12. The smallest absolute Gasteiger partial charge is 0.258 e. The average molecular weight is 316 g/mol. The molecule has 21 heavy (non-hydrogen) atoms. The number of sulfonamides is 1. The Morgan fingerprint density at radius 2 is 1.90 bits per heavy atom. The molecule has 1 aromatic rings. The first-order chi connectivity index (χ1) is 9.99. The molecule has 1 amide bonds. The van der Waals surface area contributed by atoms with Crippen molar-refractivity contribution in [3.8, 4) is 5.75 Å². The van der Waals surface area contributed by atoms with E-state index in [4.69, 9.17) is 9.84 Å². The number of ether oxygens (including phenoxy) is 1. The highest BCUT2D eigenvalue weighted by Crippen LogP contribution is 2.15. The quantitative estimate of drug-likeness (QED) is 0.588. The number of aliphatic hydroxyl groups is 1. The van der Waals surface area contributed by atoms with E-state index in [-0.39, 0.29) is 30.6 Å². The van der Waals surface area contributed by atoms with Gasteiger partial charge in [-0.2, -0.15) is 0 Å². The minimum atomic E-state index is -3.50. The Bertz CT molecular complexity index is 542. The molecule has 118 valence electrons. The molecule has 0 aliphatic carbocycles. The lowest BCUT2D eigenvalue weighted by molar-refractivity contribution is -0.123. The molecule has 0 aliphatic heterocycles. The van der Waals surface area contributed by atoms with Gasteiger partial charge in [0.1, 0.15) is 5.75 Å². The van der Waals surface area contributed by atoms with Crippen LogP contribution in [0.2, 0.25) is 0 Å². The first kappa shape index (κ1) is 17.4. The van der Waals surface area contributed by atoms with Crippen molar-refractivity contribution in [1.29, 1.82) is 0 Å². The first-order valence-corrected chi connectivity index (χ1v) is 8.08. The second kappa shape index (κ2) is 8.60. The lowest BCUT2D eigenvalue weighted by atomic mass is 10.3. The number of rotatable bonds is 9. The van der Waals surface area contributed by atoms with E-state index in [9.17, 15) is 13.2 Å². The van der Waals surface area contributed by atoms with Crippen molar-refractivity contribution in [3.05, 3.63) is 24.3 Å². The molecule has 0 aliphatic rings. The van der Waals surface area contributed by atoms with Gasteiger partial charge in [-0.3, -0.25) is 4.79 Å². The van der Waals surface area contributed by atoms with Crippen molar-refractivity contribution < 1.29 is 23.1 Å². The molecule has 0 aromatic heterocycles. The molecular formula is C13H20N2O5S. The molecule has 0 saturated heterocycles. The van der Waals surface area contributed by atoms with Crippen LogP contribution in [0.25, 0.3) is 0 Å². The van der Waals surface area contributed by atoms with Gasteiger partial charge >= 0.3 is 0 Å². The Hall–Kier alpha value is -1.64. The van der Waals surface area contributed by atoms with E-state index in [0.29, 0.717) is 18.7 Å². The zero-order chi connectivity index (χ0) is 15.7. The summed E-state index contributed by atoms with van der Waals surface area (Å²) >= 11 is 0. The van der Waals surface area contributed by atoms with Crippen LogP contribution in [0, 0.1) is 0 Å². The van der Waals surface area contributed by atoms with E-state index in [2.05, 4.69) is 10.0 Å². The Kier molecular flexibility index (Phi) is 7.13. The van der Waals surface area contributed by atoms with E-state index in [1.54, 1.807) is 0 Å². The van der Waals surface area contributed by atoms with Crippen LogP contribution in [0.3, 0.4) is 0 Å². The van der Waals surface area contributed by atoms with Gasteiger partial charge in [0.2, 0.25) is 10.0 Å². The highest BCUT2D eigenvalue weighted by atomic mass is 32.2. The molecule has 1 rings (SSSR count). The third-order valence-corrected chi connectivity index (χ3v) is 3.96. The van der Waals surface area contributed by atoms with Gasteiger partial charge in [0.25, 0.3) is 5.91 Å². The fraction of sp³-hybridized carbons (Fsp3) is 0.462. The summed E-state index contributed by atoms with van der Waals surface area (Å²) in [6, 6.07) is 5.80. The highest BCUT2D eigenvalue weighted by molar-refractivity contribution is 7.89. The van der Waals surface area contributed by atoms with Gasteiger partial charge in [0, 0.05) is 13.1 Å². The largest absolute Gasteiger partial charge is 0.484 e. The maximum Gasteiger partial charge on any atom is 0.258 e. The van der Waals surface area contributed by atoms with Crippen molar-refractivity contribution in [3.63, 3.8) is 0 Å². The third kappa shape index (κ3) is 6.11. The van der Waals surface area contributed by atoms with E-state index < -0.39 is 10.0 Å². The van der Waals surface area contributed by atoms with E-state index in [1.165, 1.54) is 24.3 Å². The van der Waals surface area contributed by atoms with Gasteiger partial charge < -0.3 is 15.2 Å². The zero-order valence-corrected chi connectivity index (χ0v) is 12.6. The van der Waals surface area contributed by atoms with Gasteiger partial charge in [-0.1, -0.05) is 6.92 Å². The number of carbonyl (C=O) groups is 1. The molecule has 0 saturated carbocycles. The molecular weight excluding hydrogens is 296 g/mol. The van der Waals surface area contributed by atoms with Gasteiger partial charge in [0.05, 0.1) is 11.5 Å². The summed E-state index contributed by atoms with van der Waals surface area (Å²) in [7, 11) is -3.50. The van der Waals surface area contributed by atoms with E-state index in [1.807, 2.05) is 6.92 Å². The lowest BCUT2D eigenvalue weighted by Crippen LogP contribution is -2.31. The third-order valence-electron chi connectivity index (χ3n) is 2.48. The minimum absolute atomic E-state index is 0.136. The average Bonchev–Trinajstić information content (AvgIpc) is 2.49. The van der Waals surface area contributed by atoms with Crippen LogP contribution in [0.1, 0.15) is 13.3 Å². The van der Waals surface area contributed by atoms with Gasteiger partial charge in [0.15, 0.2) is 6.61 Å². The predicted molar refractivity (Wildman–Crippen MR) is 77.5 cm³/mol. The molecule has 3 N–H and O–H groups in total. The summed E-state index contributed by atoms with van der Waals surface area (Å²) in [6.07, 6.45) is 0.712. The number of nitrogens with one attached hydrogen (secondary N) is 2. The topological polar surface area (TPSA) is 105 Å². The molecule has 0 atom stereocenters. The van der Waals surface area contributed by atoms with E-state index in [0.717, 1.165) is 0 Å². The molecule has 8 heteroatoms. The summed E-state index contributed by atoms with van der Waals surface area (Å²) < 4.78 is 31.4. The molecule has 0 bridgehead atoms. The van der Waals surface area contributed by atoms with Crippen molar-refractivity contribution in [2.24, 2.45) is 0 Å². The van der Waals surface area contributed by atoms with Gasteiger partial charge in [-0.25, -0.2) is 13.1 Å². The zero-order valence-electron chi connectivity index (χ0n) is 11.8. The number of benzene rings is 1. The van der Waals surface area contributed by atoms with Crippen LogP contribution in [-0.4, -0.2) is 45.7 Å². The summed E-state index contributed by atoms with van der Waals surface area (Å²) in [5.74, 6) is 0.0361. The SMILES string of the molecule is CCCNS(=O)(=O)c1ccc(OCC(=O)NCCO)cc1. The summed E-state index contributed by atoms with van der Waals surface area (Å²) in [4.78, 5) is 11.4. The summed E-state index contributed by atoms with van der Waals surface area (Å²) in [5.41, 5.74) is 0. The molecule has 0 fully saturated rings. The van der Waals surface area contributed by atoms with Crippen LogP contribution < -0.4 is 14.8 Å². The van der Waals surface area contributed by atoms with Crippen molar-refractivity contribution in [1.82, 2.24) is 10.0 Å². The monoisotopic (exact) mass is 316 g/mol.